The maximum atomic E-state index is 13.1. The van der Waals surface area contributed by atoms with Gasteiger partial charge in [-0.15, -0.1) is 0 Å². The predicted octanol–water partition coefficient (Wildman–Crippen LogP) is 3.18. The third kappa shape index (κ3) is 5.20. The van der Waals surface area contributed by atoms with Gasteiger partial charge in [0.2, 0.25) is 11.8 Å². The van der Waals surface area contributed by atoms with Gasteiger partial charge in [-0.05, 0) is 47.9 Å². The fourth-order valence-electron chi connectivity index (χ4n) is 3.59. The van der Waals surface area contributed by atoms with Crippen LogP contribution in [0.25, 0.3) is 21.7 Å². The Kier molecular flexibility index (Phi) is 6.82. The molecule has 0 saturated carbocycles. The smallest absolute Gasteiger partial charge is 0.254 e. The molecule has 0 radical (unpaired) electrons. The molecule has 1 aliphatic heterocycles. The number of alkyl halides is 1. The second kappa shape index (κ2) is 10.1. The fourth-order valence-corrected chi connectivity index (χ4v) is 3.59. The summed E-state index contributed by atoms with van der Waals surface area (Å²) in [6, 6.07) is 16.1. The standard InChI is InChI=1S/C15H15FN2O3.C10H8N2O/c1-20-11-3-2-9-4-5-17-15(12(9)7-11)21-8-10-6-13(16)14(19)18-10;11-10(13)8-3-4-9-7(6-8)2-1-5-12-9/h2-5,7,10,13H,6,8H2,1H3,(H,18,19);1-6H,(H2,11,13)/t10-,13-;/m1./s1. The van der Waals surface area contributed by atoms with Crippen LogP contribution < -0.4 is 20.5 Å². The van der Waals surface area contributed by atoms with Crippen molar-refractivity contribution in [2.75, 3.05) is 13.7 Å². The summed E-state index contributed by atoms with van der Waals surface area (Å²) in [5.74, 6) is 0.170. The zero-order valence-corrected chi connectivity index (χ0v) is 18.4. The normalized spacial score (nSPS) is 17.1. The van der Waals surface area contributed by atoms with Crippen LogP contribution in [0.1, 0.15) is 16.8 Å². The molecule has 0 aliphatic carbocycles. The van der Waals surface area contributed by atoms with Gasteiger partial charge in [0.15, 0.2) is 6.17 Å². The molecule has 2 amide bonds. The van der Waals surface area contributed by atoms with Crippen LogP contribution in [0.2, 0.25) is 0 Å². The zero-order chi connectivity index (χ0) is 24.1. The van der Waals surface area contributed by atoms with Crippen molar-refractivity contribution in [1.82, 2.24) is 15.3 Å². The molecule has 9 heteroatoms. The summed E-state index contributed by atoms with van der Waals surface area (Å²) in [5, 5.41) is 5.27. The minimum Gasteiger partial charge on any atom is -0.497 e. The van der Waals surface area contributed by atoms with E-state index in [0.29, 0.717) is 17.2 Å². The largest absolute Gasteiger partial charge is 0.497 e. The summed E-state index contributed by atoms with van der Waals surface area (Å²) in [4.78, 5) is 30.3. The lowest BCUT2D eigenvalue weighted by Gasteiger charge is -2.13. The molecule has 4 aromatic rings. The van der Waals surface area contributed by atoms with Gasteiger partial charge in [-0.2, -0.15) is 0 Å². The maximum absolute atomic E-state index is 13.1. The minimum absolute atomic E-state index is 0.132. The highest BCUT2D eigenvalue weighted by Gasteiger charge is 2.32. The number of pyridine rings is 2. The molecule has 0 bridgehead atoms. The van der Waals surface area contributed by atoms with E-state index in [9.17, 15) is 14.0 Å². The summed E-state index contributed by atoms with van der Waals surface area (Å²) in [7, 11) is 1.59. The predicted molar refractivity (Wildman–Crippen MR) is 125 cm³/mol. The Morgan fingerprint density at radius 1 is 1.12 bits per heavy atom. The molecule has 2 atom stereocenters. The Hall–Kier alpha value is -4.27. The first-order valence-electron chi connectivity index (χ1n) is 10.6. The van der Waals surface area contributed by atoms with E-state index in [-0.39, 0.29) is 19.1 Å². The number of halogens is 1. The van der Waals surface area contributed by atoms with Gasteiger partial charge >= 0.3 is 0 Å². The SMILES string of the molecule is COc1ccc2ccnc(OC[C@H]3C[C@@H](F)C(=O)N3)c2c1.NC(=O)c1ccc2ncccc2c1. The van der Waals surface area contributed by atoms with Gasteiger partial charge in [0.25, 0.3) is 5.91 Å². The van der Waals surface area contributed by atoms with E-state index in [4.69, 9.17) is 15.2 Å². The second-order valence-corrected chi connectivity index (χ2v) is 7.70. The van der Waals surface area contributed by atoms with Crippen molar-refractivity contribution in [3.05, 3.63) is 72.6 Å². The lowest BCUT2D eigenvalue weighted by Crippen LogP contribution is -2.31. The van der Waals surface area contributed by atoms with E-state index in [1.54, 1.807) is 37.7 Å². The molecule has 0 spiro atoms. The number of nitrogens with zero attached hydrogens (tertiary/aromatic N) is 2. The van der Waals surface area contributed by atoms with E-state index in [1.807, 2.05) is 36.4 Å². The Balaban J connectivity index is 0.000000180. The Bertz CT molecular complexity index is 1350. The van der Waals surface area contributed by atoms with Crippen molar-refractivity contribution < 1.29 is 23.5 Å². The number of benzene rings is 2. The highest BCUT2D eigenvalue weighted by atomic mass is 19.1. The first-order chi connectivity index (χ1) is 16.4. The Labute approximate surface area is 194 Å². The minimum atomic E-state index is -1.45. The number of aromatic nitrogens is 2. The molecule has 34 heavy (non-hydrogen) atoms. The lowest BCUT2D eigenvalue weighted by atomic mass is 10.1. The molecule has 2 aromatic carbocycles. The van der Waals surface area contributed by atoms with Crippen molar-refractivity contribution in [3.63, 3.8) is 0 Å². The zero-order valence-electron chi connectivity index (χ0n) is 18.4. The Morgan fingerprint density at radius 3 is 2.71 bits per heavy atom. The summed E-state index contributed by atoms with van der Waals surface area (Å²) >= 11 is 0. The number of amides is 2. The lowest BCUT2D eigenvalue weighted by molar-refractivity contribution is -0.123. The van der Waals surface area contributed by atoms with Gasteiger partial charge in [-0.1, -0.05) is 12.1 Å². The number of methoxy groups -OCH3 is 1. The number of carbonyl (C=O) groups excluding carboxylic acids is 2. The van der Waals surface area contributed by atoms with Crippen LogP contribution in [0, 0.1) is 0 Å². The fraction of sp³-hybridized carbons (Fsp3) is 0.200. The molecule has 1 aliphatic rings. The van der Waals surface area contributed by atoms with E-state index < -0.39 is 18.0 Å². The van der Waals surface area contributed by atoms with Gasteiger partial charge in [0.1, 0.15) is 12.4 Å². The monoisotopic (exact) mass is 462 g/mol. The highest BCUT2D eigenvalue weighted by Crippen LogP contribution is 2.27. The van der Waals surface area contributed by atoms with Crippen LogP contribution in [0.3, 0.4) is 0 Å². The summed E-state index contributed by atoms with van der Waals surface area (Å²) < 4.78 is 24.0. The number of hydrogen-bond donors (Lipinski definition) is 2. The number of hydrogen-bond acceptors (Lipinski definition) is 6. The number of rotatable bonds is 5. The molecule has 174 valence electrons. The average Bonchev–Trinajstić information content (AvgIpc) is 3.19. The third-order valence-electron chi connectivity index (χ3n) is 5.37. The van der Waals surface area contributed by atoms with Gasteiger partial charge in [-0.25, -0.2) is 9.37 Å². The van der Waals surface area contributed by atoms with Crippen LogP contribution in [0.4, 0.5) is 4.39 Å². The summed E-state index contributed by atoms with van der Waals surface area (Å²) in [5.41, 5.74) is 6.53. The molecule has 3 N–H and O–H groups in total. The number of fused-ring (bicyclic) bond motifs is 2. The van der Waals surface area contributed by atoms with E-state index in [1.165, 1.54) is 0 Å². The van der Waals surface area contributed by atoms with E-state index in [0.717, 1.165) is 21.7 Å². The van der Waals surface area contributed by atoms with Crippen molar-refractivity contribution in [2.45, 2.75) is 18.6 Å². The Morgan fingerprint density at radius 2 is 1.97 bits per heavy atom. The van der Waals surface area contributed by atoms with E-state index in [2.05, 4.69) is 15.3 Å². The number of carbonyl (C=O) groups is 2. The average molecular weight is 462 g/mol. The highest BCUT2D eigenvalue weighted by molar-refractivity contribution is 5.96. The van der Waals surface area contributed by atoms with Crippen LogP contribution >= 0.6 is 0 Å². The molecular weight excluding hydrogens is 439 g/mol. The molecule has 0 unspecified atom stereocenters. The molecule has 2 aromatic heterocycles. The van der Waals surface area contributed by atoms with Gasteiger partial charge in [-0.3, -0.25) is 14.6 Å². The van der Waals surface area contributed by atoms with Gasteiger partial charge < -0.3 is 20.5 Å². The number of nitrogens with one attached hydrogen (secondary N) is 1. The topological polar surface area (TPSA) is 116 Å². The van der Waals surface area contributed by atoms with Crippen LogP contribution in [-0.2, 0) is 4.79 Å². The molecule has 1 fully saturated rings. The van der Waals surface area contributed by atoms with Gasteiger partial charge in [0, 0.05) is 35.2 Å². The van der Waals surface area contributed by atoms with Crippen molar-refractivity contribution in [2.24, 2.45) is 5.73 Å². The summed E-state index contributed by atoms with van der Waals surface area (Å²) in [6.07, 6.45) is 2.05. The number of ether oxygens (including phenoxy) is 2. The molecule has 5 rings (SSSR count). The first-order valence-corrected chi connectivity index (χ1v) is 10.6. The van der Waals surface area contributed by atoms with Crippen LogP contribution in [0.5, 0.6) is 11.6 Å². The van der Waals surface area contributed by atoms with Crippen LogP contribution in [0.15, 0.2) is 67.0 Å². The van der Waals surface area contributed by atoms with Crippen molar-refractivity contribution in [1.29, 1.82) is 0 Å². The quantitative estimate of drug-likeness (QED) is 0.471. The number of primary amides is 1. The van der Waals surface area contributed by atoms with Crippen molar-refractivity contribution >= 4 is 33.5 Å². The van der Waals surface area contributed by atoms with Crippen molar-refractivity contribution in [3.8, 4) is 11.6 Å². The van der Waals surface area contributed by atoms with Gasteiger partial charge in [0.05, 0.1) is 18.7 Å². The third-order valence-corrected chi connectivity index (χ3v) is 5.37. The molecule has 1 saturated heterocycles. The molecule has 3 heterocycles. The summed E-state index contributed by atoms with van der Waals surface area (Å²) in [6.45, 7) is 0.190. The van der Waals surface area contributed by atoms with E-state index >= 15 is 0 Å². The van der Waals surface area contributed by atoms with Crippen LogP contribution in [-0.4, -0.2) is 47.7 Å². The number of nitrogens with two attached hydrogens (primary N) is 1. The second-order valence-electron chi connectivity index (χ2n) is 7.70. The molecular formula is C25H23FN4O4. The molecule has 8 nitrogen and oxygen atoms in total. The first kappa shape index (κ1) is 22.9. The maximum Gasteiger partial charge on any atom is 0.254 e.